The van der Waals surface area contributed by atoms with Crippen molar-refractivity contribution in [3.05, 3.63) is 11.6 Å². The molecule has 4 nitrogen and oxygen atoms in total. The lowest BCUT2D eigenvalue weighted by Gasteiger charge is -2.18. The Hall–Kier alpha value is -0.900. The van der Waals surface area contributed by atoms with Gasteiger partial charge >= 0.3 is 0 Å². The van der Waals surface area contributed by atoms with Gasteiger partial charge < -0.3 is 5.32 Å². The Morgan fingerprint density at radius 1 is 1.28 bits per heavy atom. The number of aromatic nitrogens is 3. The highest BCUT2D eigenvalue weighted by molar-refractivity contribution is 5.00. The molecular formula is C14H26N4. The van der Waals surface area contributed by atoms with E-state index in [-0.39, 0.29) is 0 Å². The minimum absolute atomic E-state index is 0.601. The van der Waals surface area contributed by atoms with Crippen LogP contribution in [-0.2, 0) is 13.6 Å². The Kier molecular flexibility index (Phi) is 4.75. The number of nitrogens with zero attached hydrogens (tertiary/aromatic N) is 3. The van der Waals surface area contributed by atoms with Gasteiger partial charge in [-0.1, -0.05) is 33.1 Å². The van der Waals surface area contributed by atoms with Gasteiger partial charge in [-0.2, -0.15) is 5.10 Å². The first-order chi connectivity index (χ1) is 8.66. The Balaban J connectivity index is 1.93. The van der Waals surface area contributed by atoms with Crippen LogP contribution in [0.1, 0.15) is 63.5 Å². The van der Waals surface area contributed by atoms with Gasteiger partial charge in [-0.15, -0.1) is 0 Å². The molecule has 0 unspecified atom stereocenters. The van der Waals surface area contributed by atoms with Crippen LogP contribution < -0.4 is 5.32 Å². The summed E-state index contributed by atoms with van der Waals surface area (Å²) in [6.07, 6.45) is 6.59. The highest BCUT2D eigenvalue weighted by Crippen LogP contribution is 2.30. The molecule has 0 saturated heterocycles. The molecular weight excluding hydrogens is 224 g/mol. The van der Waals surface area contributed by atoms with E-state index in [0.717, 1.165) is 24.7 Å². The third-order valence-corrected chi connectivity index (χ3v) is 3.68. The molecule has 4 heteroatoms. The Bertz CT molecular complexity index is 364. The fourth-order valence-corrected chi connectivity index (χ4v) is 2.60. The number of nitrogens with one attached hydrogen (secondary N) is 1. The van der Waals surface area contributed by atoms with Crippen molar-refractivity contribution in [3.63, 3.8) is 0 Å². The summed E-state index contributed by atoms with van der Waals surface area (Å²) >= 11 is 0. The molecule has 1 N–H and O–H groups in total. The van der Waals surface area contributed by atoms with Crippen LogP contribution >= 0.6 is 0 Å². The van der Waals surface area contributed by atoms with E-state index < -0.39 is 0 Å². The van der Waals surface area contributed by atoms with Gasteiger partial charge in [0.2, 0.25) is 0 Å². The first-order valence-electron chi connectivity index (χ1n) is 7.27. The Morgan fingerprint density at radius 2 is 2.00 bits per heavy atom. The van der Waals surface area contributed by atoms with Crippen LogP contribution in [0.5, 0.6) is 0 Å². The van der Waals surface area contributed by atoms with Gasteiger partial charge in [0.05, 0.1) is 6.54 Å². The van der Waals surface area contributed by atoms with E-state index in [9.17, 15) is 0 Å². The van der Waals surface area contributed by atoms with Crippen LogP contribution in [-0.4, -0.2) is 21.3 Å². The van der Waals surface area contributed by atoms with Gasteiger partial charge in [-0.05, 0) is 25.3 Å². The van der Waals surface area contributed by atoms with Crippen molar-refractivity contribution in [1.82, 2.24) is 20.1 Å². The van der Waals surface area contributed by atoms with E-state index in [1.54, 1.807) is 0 Å². The van der Waals surface area contributed by atoms with Crippen molar-refractivity contribution >= 4 is 0 Å². The maximum atomic E-state index is 4.72. The maximum absolute atomic E-state index is 4.72. The standard InChI is InChI=1S/C14H26N4/c1-11(2)9-15-10-13-16-14(17-18(13)3)12-7-5-4-6-8-12/h11-12,15H,4-10H2,1-3H3. The molecule has 1 fully saturated rings. The van der Waals surface area contributed by atoms with Gasteiger partial charge in [0.15, 0.2) is 5.82 Å². The lowest BCUT2D eigenvalue weighted by molar-refractivity contribution is 0.427. The van der Waals surface area contributed by atoms with Crippen molar-refractivity contribution in [2.24, 2.45) is 13.0 Å². The van der Waals surface area contributed by atoms with Crippen molar-refractivity contribution in [1.29, 1.82) is 0 Å². The predicted octanol–water partition coefficient (Wildman–Crippen LogP) is 2.61. The molecule has 1 saturated carbocycles. The lowest BCUT2D eigenvalue weighted by atomic mass is 9.89. The van der Waals surface area contributed by atoms with Gasteiger partial charge in [-0.25, -0.2) is 4.98 Å². The van der Waals surface area contributed by atoms with E-state index in [1.165, 1.54) is 32.1 Å². The van der Waals surface area contributed by atoms with E-state index in [4.69, 9.17) is 4.98 Å². The molecule has 2 rings (SSSR count). The van der Waals surface area contributed by atoms with Gasteiger partial charge in [0.1, 0.15) is 5.82 Å². The summed E-state index contributed by atoms with van der Waals surface area (Å²) in [6.45, 7) is 6.30. The van der Waals surface area contributed by atoms with Crippen molar-refractivity contribution in [3.8, 4) is 0 Å². The number of hydrogen-bond donors (Lipinski definition) is 1. The molecule has 1 aliphatic rings. The van der Waals surface area contributed by atoms with Crippen molar-refractivity contribution in [2.45, 2.75) is 58.4 Å². The fraction of sp³-hybridized carbons (Fsp3) is 0.857. The summed E-state index contributed by atoms with van der Waals surface area (Å²) in [5.74, 6) is 3.41. The summed E-state index contributed by atoms with van der Waals surface area (Å²) in [5, 5.41) is 8.03. The topological polar surface area (TPSA) is 42.7 Å². The Labute approximate surface area is 110 Å². The van der Waals surface area contributed by atoms with Crippen LogP contribution in [0.4, 0.5) is 0 Å². The van der Waals surface area contributed by atoms with Crippen LogP contribution in [0, 0.1) is 5.92 Å². The SMILES string of the molecule is CC(C)CNCc1nc(C2CCCCC2)nn1C. The minimum atomic E-state index is 0.601. The summed E-state index contributed by atoms with van der Waals surface area (Å²) in [7, 11) is 2.01. The van der Waals surface area contributed by atoms with Crippen LogP contribution in [0.25, 0.3) is 0 Å². The molecule has 0 radical (unpaired) electrons. The van der Waals surface area contributed by atoms with Crippen LogP contribution in [0.2, 0.25) is 0 Å². The van der Waals surface area contributed by atoms with Crippen molar-refractivity contribution in [2.75, 3.05) is 6.54 Å². The molecule has 0 bridgehead atoms. The first kappa shape index (κ1) is 13.5. The quantitative estimate of drug-likeness (QED) is 0.873. The average Bonchev–Trinajstić information content (AvgIpc) is 2.72. The average molecular weight is 250 g/mol. The fourth-order valence-electron chi connectivity index (χ4n) is 2.60. The molecule has 1 heterocycles. The zero-order chi connectivity index (χ0) is 13.0. The van der Waals surface area contributed by atoms with E-state index in [1.807, 2.05) is 11.7 Å². The third-order valence-electron chi connectivity index (χ3n) is 3.68. The second kappa shape index (κ2) is 6.32. The maximum Gasteiger partial charge on any atom is 0.154 e. The smallest absolute Gasteiger partial charge is 0.154 e. The summed E-state index contributed by atoms with van der Waals surface area (Å²) < 4.78 is 1.94. The predicted molar refractivity (Wildman–Crippen MR) is 73.4 cm³/mol. The number of hydrogen-bond acceptors (Lipinski definition) is 3. The van der Waals surface area contributed by atoms with Crippen LogP contribution in [0.15, 0.2) is 0 Å². The largest absolute Gasteiger partial charge is 0.310 e. The molecule has 0 amide bonds. The lowest BCUT2D eigenvalue weighted by Crippen LogP contribution is -2.21. The molecule has 1 aromatic heterocycles. The molecule has 0 atom stereocenters. The second-order valence-electron chi connectivity index (χ2n) is 5.87. The molecule has 0 aromatic carbocycles. The Morgan fingerprint density at radius 3 is 2.67 bits per heavy atom. The van der Waals surface area contributed by atoms with E-state index in [0.29, 0.717) is 11.8 Å². The van der Waals surface area contributed by atoms with Gasteiger partial charge in [-0.3, -0.25) is 4.68 Å². The zero-order valence-corrected chi connectivity index (χ0v) is 11.9. The molecule has 18 heavy (non-hydrogen) atoms. The molecule has 1 aromatic rings. The molecule has 102 valence electrons. The second-order valence-corrected chi connectivity index (χ2v) is 5.87. The normalized spacial score (nSPS) is 17.6. The number of aryl methyl sites for hydroxylation is 1. The highest BCUT2D eigenvalue weighted by Gasteiger charge is 2.20. The highest BCUT2D eigenvalue weighted by atomic mass is 15.3. The van der Waals surface area contributed by atoms with Crippen LogP contribution in [0.3, 0.4) is 0 Å². The summed E-state index contributed by atoms with van der Waals surface area (Å²) in [6, 6.07) is 0. The molecule has 1 aliphatic carbocycles. The van der Waals surface area contributed by atoms with Crippen molar-refractivity contribution < 1.29 is 0 Å². The van der Waals surface area contributed by atoms with E-state index in [2.05, 4.69) is 24.3 Å². The molecule has 0 aliphatic heterocycles. The van der Waals surface area contributed by atoms with Gasteiger partial charge in [0.25, 0.3) is 0 Å². The third kappa shape index (κ3) is 3.55. The summed E-state index contributed by atoms with van der Waals surface area (Å²) in [4.78, 5) is 4.72. The first-order valence-corrected chi connectivity index (χ1v) is 7.27. The molecule has 0 spiro atoms. The zero-order valence-electron chi connectivity index (χ0n) is 11.9. The number of rotatable bonds is 5. The summed E-state index contributed by atoms with van der Waals surface area (Å²) in [5.41, 5.74) is 0. The van der Waals surface area contributed by atoms with E-state index >= 15 is 0 Å². The monoisotopic (exact) mass is 250 g/mol. The minimum Gasteiger partial charge on any atom is -0.310 e. The van der Waals surface area contributed by atoms with Gasteiger partial charge in [0, 0.05) is 13.0 Å².